The van der Waals surface area contributed by atoms with Crippen LogP contribution in [0.3, 0.4) is 0 Å². The van der Waals surface area contributed by atoms with Crippen LogP contribution in [0.25, 0.3) is 0 Å². The van der Waals surface area contributed by atoms with E-state index in [4.69, 9.17) is 4.74 Å². The molecular weight excluding hydrogens is 138 g/mol. The Kier molecular flexibility index (Phi) is 3.60. The molecule has 1 heterocycles. The van der Waals surface area contributed by atoms with Gasteiger partial charge in [0.2, 0.25) is 0 Å². The number of ether oxygens (including phenoxy) is 1. The zero-order valence-corrected chi connectivity index (χ0v) is 7.42. The summed E-state index contributed by atoms with van der Waals surface area (Å²) in [5.41, 5.74) is 0. The molecule has 2 nitrogen and oxygen atoms in total. The van der Waals surface area contributed by atoms with Crippen LogP contribution in [0.15, 0.2) is 12.2 Å². The van der Waals surface area contributed by atoms with Crippen LogP contribution in [-0.2, 0) is 4.74 Å². The van der Waals surface area contributed by atoms with Crippen molar-refractivity contribution >= 4 is 0 Å². The van der Waals surface area contributed by atoms with E-state index in [0.717, 1.165) is 26.3 Å². The maximum absolute atomic E-state index is 5.26. The number of morpholine rings is 1. The number of allylic oxidation sites excluding steroid dienone is 1. The van der Waals surface area contributed by atoms with Gasteiger partial charge in [0.1, 0.15) is 0 Å². The van der Waals surface area contributed by atoms with Crippen molar-refractivity contribution in [3.8, 4) is 0 Å². The first-order valence-corrected chi connectivity index (χ1v) is 4.29. The minimum atomic E-state index is 0.573. The normalized spacial score (nSPS) is 24.2. The van der Waals surface area contributed by atoms with Crippen molar-refractivity contribution in [2.45, 2.75) is 19.9 Å². The van der Waals surface area contributed by atoms with Crippen LogP contribution in [0, 0.1) is 0 Å². The van der Waals surface area contributed by atoms with Crippen molar-refractivity contribution in [1.29, 1.82) is 0 Å². The first kappa shape index (κ1) is 8.75. The molecule has 64 valence electrons. The van der Waals surface area contributed by atoms with E-state index < -0.39 is 0 Å². The summed E-state index contributed by atoms with van der Waals surface area (Å²) in [5.74, 6) is 0. The monoisotopic (exact) mass is 155 g/mol. The van der Waals surface area contributed by atoms with Crippen LogP contribution >= 0.6 is 0 Å². The van der Waals surface area contributed by atoms with Gasteiger partial charge in [-0.05, 0) is 13.8 Å². The van der Waals surface area contributed by atoms with Crippen LogP contribution in [0.4, 0.5) is 0 Å². The van der Waals surface area contributed by atoms with Gasteiger partial charge in [0.05, 0.1) is 13.2 Å². The van der Waals surface area contributed by atoms with Gasteiger partial charge in [0, 0.05) is 19.1 Å². The van der Waals surface area contributed by atoms with E-state index in [-0.39, 0.29) is 0 Å². The largest absolute Gasteiger partial charge is 0.379 e. The Balaban J connectivity index is 2.32. The summed E-state index contributed by atoms with van der Waals surface area (Å²) < 4.78 is 5.26. The second-order valence-electron chi connectivity index (χ2n) is 2.91. The highest BCUT2D eigenvalue weighted by molar-refractivity contribution is 4.90. The standard InChI is InChI=1S/C9H17NO/c1-3-4-9(2)10-5-7-11-8-6-10/h3-4,9H,5-8H2,1-2H3. The minimum absolute atomic E-state index is 0.573. The summed E-state index contributed by atoms with van der Waals surface area (Å²) in [6, 6.07) is 0.573. The summed E-state index contributed by atoms with van der Waals surface area (Å²) in [4.78, 5) is 2.43. The molecule has 0 spiro atoms. The van der Waals surface area contributed by atoms with E-state index >= 15 is 0 Å². The molecule has 0 radical (unpaired) electrons. The molecule has 0 aromatic carbocycles. The smallest absolute Gasteiger partial charge is 0.0594 e. The summed E-state index contributed by atoms with van der Waals surface area (Å²) in [5, 5.41) is 0. The van der Waals surface area contributed by atoms with Gasteiger partial charge < -0.3 is 4.74 Å². The van der Waals surface area contributed by atoms with Crippen LogP contribution in [0.2, 0.25) is 0 Å². The van der Waals surface area contributed by atoms with Crippen molar-refractivity contribution in [2.24, 2.45) is 0 Å². The SMILES string of the molecule is CC=CC(C)N1CCOCC1. The van der Waals surface area contributed by atoms with Gasteiger partial charge in [-0.3, -0.25) is 4.90 Å². The fraction of sp³-hybridized carbons (Fsp3) is 0.778. The van der Waals surface area contributed by atoms with E-state index in [9.17, 15) is 0 Å². The molecular formula is C9H17NO. The van der Waals surface area contributed by atoms with Crippen molar-refractivity contribution < 1.29 is 4.74 Å². The maximum atomic E-state index is 5.26. The molecule has 0 amide bonds. The Morgan fingerprint density at radius 1 is 1.36 bits per heavy atom. The van der Waals surface area contributed by atoms with Crippen LogP contribution in [0.5, 0.6) is 0 Å². The maximum Gasteiger partial charge on any atom is 0.0594 e. The average molecular weight is 155 g/mol. The van der Waals surface area contributed by atoms with Crippen molar-refractivity contribution in [2.75, 3.05) is 26.3 Å². The quantitative estimate of drug-likeness (QED) is 0.557. The fourth-order valence-corrected chi connectivity index (χ4v) is 1.38. The Morgan fingerprint density at radius 2 is 2.00 bits per heavy atom. The molecule has 0 aliphatic carbocycles. The number of hydrogen-bond donors (Lipinski definition) is 0. The van der Waals surface area contributed by atoms with Crippen LogP contribution < -0.4 is 0 Å². The molecule has 0 aromatic rings. The minimum Gasteiger partial charge on any atom is -0.379 e. The van der Waals surface area contributed by atoms with E-state index in [2.05, 4.69) is 30.9 Å². The van der Waals surface area contributed by atoms with Gasteiger partial charge in [-0.15, -0.1) is 0 Å². The van der Waals surface area contributed by atoms with Crippen LogP contribution in [0.1, 0.15) is 13.8 Å². The van der Waals surface area contributed by atoms with Gasteiger partial charge in [-0.25, -0.2) is 0 Å². The lowest BCUT2D eigenvalue weighted by Crippen LogP contribution is -2.41. The molecule has 0 aromatic heterocycles. The summed E-state index contributed by atoms with van der Waals surface area (Å²) in [6.07, 6.45) is 4.34. The molecule has 1 saturated heterocycles. The Hall–Kier alpha value is -0.340. The van der Waals surface area contributed by atoms with Crippen LogP contribution in [-0.4, -0.2) is 37.2 Å². The van der Waals surface area contributed by atoms with E-state index in [1.54, 1.807) is 0 Å². The zero-order chi connectivity index (χ0) is 8.10. The number of nitrogens with zero attached hydrogens (tertiary/aromatic N) is 1. The molecule has 11 heavy (non-hydrogen) atoms. The van der Waals surface area contributed by atoms with E-state index in [1.165, 1.54) is 0 Å². The highest BCUT2D eigenvalue weighted by Crippen LogP contribution is 2.03. The fourth-order valence-electron chi connectivity index (χ4n) is 1.38. The lowest BCUT2D eigenvalue weighted by atomic mass is 10.2. The van der Waals surface area contributed by atoms with Gasteiger partial charge in [0.15, 0.2) is 0 Å². The van der Waals surface area contributed by atoms with Crippen molar-refractivity contribution in [3.05, 3.63) is 12.2 Å². The Morgan fingerprint density at radius 3 is 2.55 bits per heavy atom. The second kappa shape index (κ2) is 4.52. The van der Waals surface area contributed by atoms with Gasteiger partial charge in [-0.1, -0.05) is 12.2 Å². The number of hydrogen-bond acceptors (Lipinski definition) is 2. The average Bonchev–Trinajstić information content (AvgIpc) is 2.07. The molecule has 0 bridgehead atoms. The highest BCUT2D eigenvalue weighted by Gasteiger charge is 2.13. The Labute approximate surface area is 68.8 Å². The molecule has 0 saturated carbocycles. The lowest BCUT2D eigenvalue weighted by molar-refractivity contribution is 0.0287. The number of rotatable bonds is 2. The molecule has 1 fully saturated rings. The molecule has 1 rings (SSSR count). The summed E-state index contributed by atoms with van der Waals surface area (Å²) in [7, 11) is 0. The molecule has 1 atom stereocenters. The molecule has 0 N–H and O–H groups in total. The first-order chi connectivity index (χ1) is 5.34. The predicted octanol–water partition coefficient (Wildman–Crippen LogP) is 1.28. The molecule has 2 heteroatoms. The topological polar surface area (TPSA) is 12.5 Å². The van der Waals surface area contributed by atoms with E-state index in [1.807, 2.05) is 0 Å². The molecule has 1 aliphatic rings. The summed E-state index contributed by atoms with van der Waals surface area (Å²) in [6.45, 7) is 8.23. The first-order valence-electron chi connectivity index (χ1n) is 4.29. The van der Waals surface area contributed by atoms with Crippen molar-refractivity contribution in [3.63, 3.8) is 0 Å². The predicted molar refractivity (Wildman–Crippen MR) is 46.7 cm³/mol. The second-order valence-corrected chi connectivity index (χ2v) is 2.91. The third-order valence-electron chi connectivity index (χ3n) is 2.09. The third kappa shape index (κ3) is 2.64. The van der Waals surface area contributed by atoms with Crippen molar-refractivity contribution in [1.82, 2.24) is 4.90 Å². The molecule has 1 unspecified atom stereocenters. The van der Waals surface area contributed by atoms with Gasteiger partial charge in [-0.2, -0.15) is 0 Å². The molecule has 1 aliphatic heterocycles. The highest BCUT2D eigenvalue weighted by atomic mass is 16.5. The van der Waals surface area contributed by atoms with E-state index in [0.29, 0.717) is 6.04 Å². The van der Waals surface area contributed by atoms with Gasteiger partial charge >= 0.3 is 0 Å². The summed E-state index contributed by atoms with van der Waals surface area (Å²) >= 11 is 0. The lowest BCUT2D eigenvalue weighted by Gasteiger charge is -2.30. The Bertz CT molecular complexity index is 128. The zero-order valence-electron chi connectivity index (χ0n) is 7.42. The third-order valence-corrected chi connectivity index (χ3v) is 2.09. The van der Waals surface area contributed by atoms with Gasteiger partial charge in [0.25, 0.3) is 0 Å².